The van der Waals surface area contributed by atoms with Gasteiger partial charge in [0.1, 0.15) is 5.76 Å². The van der Waals surface area contributed by atoms with Gasteiger partial charge in [-0.05, 0) is 26.0 Å². The van der Waals surface area contributed by atoms with Crippen LogP contribution in [0.4, 0.5) is 0 Å². The highest BCUT2D eigenvalue weighted by atomic mass is 127. The predicted octanol–water partition coefficient (Wildman–Crippen LogP) is 3.45. The summed E-state index contributed by atoms with van der Waals surface area (Å²) in [7, 11) is 1.71. The molecule has 0 saturated carbocycles. The Kier molecular flexibility index (Phi) is 10.1. The number of benzene rings is 1. The van der Waals surface area contributed by atoms with Crippen molar-refractivity contribution in [3.8, 4) is 5.75 Å². The smallest absolute Gasteiger partial charge is 0.222 e. The van der Waals surface area contributed by atoms with E-state index in [0.29, 0.717) is 25.7 Å². The van der Waals surface area contributed by atoms with Crippen molar-refractivity contribution in [3.63, 3.8) is 0 Å². The number of guanidine groups is 1. The van der Waals surface area contributed by atoms with Crippen LogP contribution in [0.1, 0.15) is 39.5 Å². The maximum atomic E-state index is 11.6. The number of furan rings is 1. The number of nitrogens with one attached hydrogen (secondary N) is 3. The molecule has 0 aliphatic rings. The van der Waals surface area contributed by atoms with Crippen molar-refractivity contribution in [2.24, 2.45) is 10.9 Å². The van der Waals surface area contributed by atoms with Crippen LogP contribution in [-0.4, -0.2) is 38.6 Å². The third-order valence-electron chi connectivity index (χ3n) is 4.07. The van der Waals surface area contributed by atoms with Crippen molar-refractivity contribution in [1.82, 2.24) is 16.0 Å². The molecule has 0 aliphatic heterocycles. The first kappa shape index (κ1) is 24.1. The first-order valence-electron chi connectivity index (χ1n) is 9.36. The first-order chi connectivity index (χ1) is 13.0. The minimum Gasteiger partial charge on any atom is -0.490 e. The Labute approximate surface area is 183 Å². The Hall–Kier alpha value is -1.97. The molecule has 0 aliphatic carbocycles. The molecule has 7 nitrogen and oxygen atoms in total. The van der Waals surface area contributed by atoms with Crippen LogP contribution < -0.4 is 20.7 Å². The summed E-state index contributed by atoms with van der Waals surface area (Å²) >= 11 is 0. The number of nitrogens with zero attached hydrogens (tertiary/aromatic N) is 1. The summed E-state index contributed by atoms with van der Waals surface area (Å²) in [6, 6.07) is 7.79. The summed E-state index contributed by atoms with van der Waals surface area (Å²) < 4.78 is 11.6. The zero-order chi connectivity index (χ0) is 19.8. The molecular weight excluding hydrogens is 471 g/mol. The highest BCUT2D eigenvalue weighted by Crippen LogP contribution is 2.31. The van der Waals surface area contributed by atoms with Gasteiger partial charge in [0.05, 0.1) is 12.6 Å². The number of amides is 1. The van der Waals surface area contributed by atoms with Gasteiger partial charge in [-0.2, -0.15) is 0 Å². The van der Waals surface area contributed by atoms with Crippen LogP contribution in [-0.2, 0) is 4.79 Å². The van der Waals surface area contributed by atoms with E-state index >= 15 is 0 Å². The van der Waals surface area contributed by atoms with Gasteiger partial charge in [-0.25, -0.2) is 0 Å². The lowest BCUT2D eigenvalue weighted by Gasteiger charge is -2.16. The quantitative estimate of drug-likeness (QED) is 0.223. The number of rotatable bonds is 8. The van der Waals surface area contributed by atoms with Crippen molar-refractivity contribution in [3.05, 3.63) is 30.0 Å². The number of fused-ring (bicyclic) bond motifs is 1. The fourth-order valence-corrected chi connectivity index (χ4v) is 2.58. The van der Waals surface area contributed by atoms with E-state index in [2.05, 4.69) is 20.9 Å². The monoisotopic (exact) mass is 502 g/mol. The van der Waals surface area contributed by atoms with Gasteiger partial charge in [0.25, 0.3) is 0 Å². The zero-order valence-corrected chi connectivity index (χ0v) is 19.5. The third-order valence-corrected chi connectivity index (χ3v) is 4.07. The van der Waals surface area contributed by atoms with Crippen molar-refractivity contribution in [2.45, 2.75) is 33.7 Å². The number of carbonyl (C=O) groups excluding carboxylic acids is 1. The van der Waals surface area contributed by atoms with Crippen molar-refractivity contribution in [1.29, 1.82) is 0 Å². The number of halogens is 1. The maximum Gasteiger partial charge on any atom is 0.222 e. The van der Waals surface area contributed by atoms with Gasteiger partial charge >= 0.3 is 0 Å². The molecule has 0 radical (unpaired) electrons. The van der Waals surface area contributed by atoms with Gasteiger partial charge in [0.15, 0.2) is 17.3 Å². The summed E-state index contributed by atoms with van der Waals surface area (Å²) in [6.07, 6.45) is 0. The van der Waals surface area contributed by atoms with Gasteiger partial charge in [0, 0.05) is 31.4 Å². The van der Waals surface area contributed by atoms with Crippen LogP contribution in [0, 0.1) is 5.92 Å². The van der Waals surface area contributed by atoms with Crippen molar-refractivity contribution < 1.29 is 13.9 Å². The van der Waals surface area contributed by atoms with E-state index in [4.69, 9.17) is 9.15 Å². The molecule has 3 N–H and O–H groups in total. The zero-order valence-electron chi connectivity index (χ0n) is 17.2. The Morgan fingerprint density at radius 2 is 1.93 bits per heavy atom. The van der Waals surface area contributed by atoms with Crippen LogP contribution in [0.3, 0.4) is 0 Å². The van der Waals surface area contributed by atoms with E-state index in [1.165, 1.54) is 0 Å². The third kappa shape index (κ3) is 6.57. The molecule has 1 heterocycles. The standard InChI is InChI=1S/C20H30N4O3.HI/c1-6-26-16-9-7-8-15-12-17(27-18(15)16)14(4)24-20(21-5)23-11-10-22-19(25)13(2)3;/h7-9,12-14H,6,10-11H2,1-5H3,(H,22,25)(H2,21,23,24);1H. The summed E-state index contributed by atoms with van der Waals surface area (Å²) in [5.74, 6) is 2.22. The van der Waals surface area contributed by atoms with Crippen molar-refractivity contribution in [2.75, 3.05) is 26.7 Å². The average Bonchev–Trinajstić information content (AvgIpc) is 3.09. The summed E-state index contributed by atoms with van der Waals surface area (Å²) in [6.45, 7) is 9.41. The van der Waals surface area contributed by atoms with Crippen molar-refractivity contribution >= 4 is 46.8 Å². The lowest BCUT2D eigenvalue weighted by atomic mass is 10.2. The number of para-hydroxylation sites is 1. The molecule has 0 bridgehead atoms. The molecule has 2 aromatic rings. The SMILES string of the molecule is CCOc1cccc2cc(C(C)NC(=NC)NCCNC(=O)C(C)C)oc12.I. The lowest BCUT2D eigenvalue weighted by molar-refractivity contribution is -0.123. The Balaban J connectivity index is 0.00000392. The van der Waals surface area contributed by atoms with Crippen LogP contribution in [0.2, 0.25) is 0 Å². The molecule has 0 fully saturated rings. The normalized spacial score (nSPS) is 12.4. The van der Waals surface area contributed by atoms with E-state index in [1.807, 2.05) is 52.0 Å². The van der Waals surface area contributed by atoms with E-state index in [0.717, 1.165) is 22.5 Å². The molecule has 1 unspecified atom stereocenters. The molecule has 1 amide bonds. The second-order valence-corrected chi connectivity index (χ2v) is 6.57. The number of ether oxygens (including phenoxy) is 1. The lowest BCUT2D eigenvalue weighted by Crippen LogP contribution is -2.42. The minimum atomic E-state index is -0.0802. The molecule has 28 heavy (non-hydrogen) atoms. The topological polar surface area (TPSA) is 87.9 Å². The minimum absolute atomic E-state index is 0. The Bertz CT molecular complexity index is 789. The molecule has 8 heteroatoms. The maximum absolute atomic E-state index is 11.6. The second-order valence-electron chi connectivity index (χ2n) is 6.57. The summed E-state index contributed by atoms with van der Waals surface area (Å²) in [4.78, 5) is 15.8. The van der Waals surface area contributed by atoms with Crippen LogP contribution in [0.5, 0.6) is 5.75 Å². The summed E-state index contributed by atoms with van der Waals surface area (Å²) in [5, 5.41) is 10.4. The van der Waals surface area contributed by atoms with Gasteiger partial charge in [-0.3, -0.25) is 9.79 Å². The molecule has 1 aromatic heterocycles. The van der Waals surface area contributed by atoms with Crippen LogP contribution in [0.25, 0.3) is 11.0 Å². The number of aliphatic imine (C=N–C) groups is 1. The highest BCUT2D eigenvalue weighted by Gasteiger charge is 2.15. The molecular formula is C20H31IN4O3. The molecule has 1 aromatic carbocycles. The molecule has 1 atom stereocenters. The van der Waals surface area contributed by atoms with E-state index in [1.54, 1.807) is 7.05 Å². The molecule has 156 valence electrons. The summed E-state index contributed by atoms with van der Waals surface area (Å²) in [5.41, 5.74) is 0.752. The molecule has 2 rings (SSSR count). The fraction of sp³-hybridized carbons (Fsp3) is 0.500. The molecule has 0 spiro atoms. The second kappa shape index (κ2) is 11.8. The number of hydrogen-bond acceptors (Lipinski definition) is 4. The largest absolute Gasteiger partial charge is 0.490 e. The highest BCUT2D eigenvalue weighted by molar-refractivity contribution is 14.0. The average molecular weight is 502 g/mol. The van der Waals surface area contributed by atoms with Gasteiger partial charge in [-0.15, -0.1) is 24.0 Å². The van der Waals surface area contributed by atoms with E-state index < -0.39 is 0 Å². The van der Waals surface area contributed by atoms with E-state index in [9.17, 15) is 4.79 Å². The van der Waals surface area contributed by atoms with Gasteiger partial charge < -0.3 is 25.1 Å². The Morgan fingerprint density at radius 1 is 1.21 bits per heavy atom. The van der Waals surface area contributed by atoms with Gasteiger partial charge in [-0.1, -0.05) is 26.0 Å². The number of hydrogen-bond donors (Lipinski definition) is 3. The first-order valence-corrected chi connectivity index (χ1v) is 9.36. The van der Waals surface area contributed by atoms with Crippen LogP contribution in [0.15, 0.2) is 33.7 Å². The Morgan fingerprint density at radius 3 is 2.57 bits per heavy atom. The number of carbonyl (C=O) groups is 1. The fourth-order valence-electron chi connectivity index (χ4n) is 2.58. The van der Waals surface area contributed by atoms with E-state index in [-0.39, 0.29) is 41.8 Å². The van der Waals surface area contributed by atoms with Crippen LogP contribution >= 0.6 is 24.0 Å². The predicted molar refractivity (Wildman–Crippen MR) is 124 cm³/mol. The van der Waals surface area contributed by atoms with Gasteiger partial charge in [0.2, 0.25) is 5.91 Å². The molecule has 0 saturated heterocycles.